The lowest BCUT2D eigenvalue weighted by molar-refractivity contribution is 0.302. The van der Waals surface area contributed by atoms with Gasteiger partial charge in [-0.25, -0.2) is 17.6 Å². The van der Waals surface area contributed by atoms with E-state index in [2.05, 4.69) is 30.6 Å². The van der Waals surface area contributed by atoms with E-state index < -0.39 is 34.6 Å². The second-order valence-electron chi connectivity index (χ2n) is 6.96. The molecular formula is C27H20F4O. The van der Waals surface area contributed by atoms with Gasteiger partial charge in [0.2, 0.25) is 0 Å². The number of hydrogen-bond acceptors (Lipinski definition) is 1. The number of hydrogen-bond donors (Lipinski definition) is 0. The molecule has 0 amide bonds. The molecule has 0 aliphatic rings. The van der Waals surface area contributed by atoms with Crippen LogP contribution in [0.1, 0.15) is 48.1 Å². The Balaban J connectivity index is 1.84. The summed E-state index contributed by atoms with van der Waals surface area (Å²) in [6.45, 7) is 3.78. The molecule has 0 saturated carbocycles. The Kier molecular flexibility index (Phi) is 7.58. The molecule has 0 saturated heterocycles. The van der Waals surface area contributed by atoms with Crippen molar-refractivity contribution in [2.45, 2.75) is 26.7 Å². The summed E-state index contributed by atoms with van der Waals surface area (Å²) in [5.41, 5.74) is 1.51. The van der Waals surface area contributed by atoms with Crippen LogP contribution in [-0.2, 0) is 6.42 Å². The van der Waals surface area contributed by atoms with Gasteiger partial charge in [-0.15, -0.1) is 0 Å². The highest BCUT2D eigenvalue weighted by atomic mass is 19.1. The summed E-state index contributed by atoms with van der Waals surface area (Å²) in [7, 11) is 0. The zero-order valence-corrected chi connectivity index (χ0v) is 17.7. The molecule has 162 valence electrons. The van der Waals surface area contributed by atoms with E-state index in [1.807, 2.05) is 24.3 Å². The lowest BCUT2D eigenvalue weighted by atomic mass is 10.1. The molecule has 1 nitrogen and oxygen atoms in total. The van der Waals surface area contributed by atoms with E-state index in [-0.39, 0.29) is 17.7 Å². The predicted octanol–water partition coefficient (Wildman–Crippen LogP) is 6.39. The molecule has 0 aliphatic heterocycles. The average Bonchev–Trinajstić information content (AvgIpc) is 2.75. The van der Waals surface area contributed by atoms with Crippen molar-refractivity contribution < 1.29 is 22.3 Å². The molecule has 0 unspecified atom stereocenters. The minimum Gasteiger partial charge on any atom is -0.488 e. The molecule has 3 aromatic carbocycles. The van der Waals surface area contributed by atoms with Gasteiger partial charge >= 0.3 is 0 Å². The van der Waals surface area contributed by atoms with E-state index in [1.165, 1.54) is 5.56 Å². The number of halogens is 4. The van der Waals surface area contributed by atoms with E-state index in [9.17, 15) is 17.6 Å². The molecule has 0 N–H and O–H groups in total. The molecule has 0 aromatic heterocycles. The third-order valence-electron chi connectivity index (χ3n) is 4.50. The van der Waals surface area contributed by atoms with Crippen LogP contribution < -0.4 is 4.74 Å². The fraction of sp³-hybridized carbons (Fsp3) is 0.185. The Bertz CT molecular complexity index is 1190. The highest BCUT2D eigenvalue weighted by molar-refractivity contribution is 5.50. The molecule has 32 heavy (non-hydrogen) atoms. The quantitative estimate of drug-likeness (QED) is 0.340. The third-order valence-corrected chi connectivity index (χ3v) is 4.50. The third kappa shape index (κ3) is 5.71. The van der Waals surface area contributed by atoms with Crippen molar-refractivity contribution in [2.75, 3.05) is 6.61 Å². The van der Waals surface area contributed by atoms with Gasteiger partial charge in [-0.3, -0.25) is 0 Å². The molecule has 0 atom stereocenters. The number of rotatable bonds is 4. The van der Waals surface area contributed by atoms with Crippen LogP contribution in [0.5, 0.6) is 5.75 Å². The maximum absolute atomic E-state index is 14.4. The van der Waals surface area contributed by atoms with Gasteiger partial charge in [-0.2, -0.15) is 0 Å². The highest BCUT2D eigenvalue weighted by Crippen LogP contribution is 2.23. The standard InChI is InChI=1S/C27H20F4O/c1-3-5-18-6-8-19(9-7-18)10-11-20-14-23(28)22(24(29)15-20)13-12-21-16-25(30)27(32-4-2)26(31)17-21/h6-9,14-17H,3-5H2,1-2H3. The molecule has 0 aliphatic carbocycles. The Hall–Kier alpha value is -3.70. The number of ether oxygens (including phenoxy) is 1. The summed E-state index contributed by atoms with van der Waals surface area (Å²) in [5, 5.41) is 0. The molecule has 0 spiro atoms. The van der Waals surface area contributed by atoms with E-state index in [1.54, 1.807) is 6.92 Å². The van der Waals surface area contributed by atoms with E-state index in [4.69, 9.17) is 4.74 Å². The molecule has 0 fully saturated rings. The monoisotopic (exact) mass is 436 g/mol. The Labute approximate surface area is 185 Å². The van der Waals surface area contributed by atoms with Crippen LogP contribution in [0.15, 0.2) is 48.5 Å². The van der Waals surface area contributed by atoms with Gasteiger partial charge in [0.25, 0.3) is 0 Å². The van der Waals surface area contributed by atoms with Crippen molar-refractivity contribution in [1.82, 2.24) is 0 Å². The van der Waals surface area contributed by atoms with Crippen molar-refractivity contribution in [3.05, 3.63) is 99.6 Å². The number of benzene rings is 3. The summed E-state index contributed by atoms with van der Waals surface area (Å²) in [6.07, 6.45) is 2.02. The molecule has 0 bridgehead atoms. The van der Waals surface area contributed by atoms with Crippen molar-refractivity contribution in [3.63, 3.8) is 0 Å². The lowest BCUT2D eigenvalue weighted by Crippen LogP contribution is -1.98. The first-order valence-corrected chi connectivity index (χ1v) is 10.1. The molecular weight excluding hydrogens is 416 g/mol. The number of aryl methyl sites for hydroxylation is 1. The smallest absolute Gasteiger partial charge is 0.190 e. The fourth-order valence-corrected chi connectivity index (χ4v) is 3.00. The van der Waals surface area contributed by atoms with Gasteiger partial charge in [-0.05, 0) is 55.3 Å². The Morgan fingerprint density at radius 3 is 1.69 bits per heavy atom. The molecule has 3 aromatic rings. The van der Waals surface area contributed by atoms with Crippen LogP contribution in [0.25, 0.3) is 0 Å². The average molecular weight is 436 g/mol. The van der Waals surface area contributed by atoms with Gasteiger partial charge in [0.15, 0.2) is 17.4 Å². The molecule has 5 heteroatoms. The maximum Gasteiger partial charge on any atom is 0.190 e. The lowest BCUT2D eigenvalue weighted by Gasteiger charge is -2.06. The minimum atomic E-state index is -0.939. The first-order valence-electron chi connectivity index (χ1n) is 10.1. The van der Waals surface area contributed by atoms with Crippen molar-refractivity contribution in [3.8, 4) is 29.4 Å². The highest BCUT2D eigenvalue weighted by Gasteiger charge is 2.12. The van der Waals surface area contributed by atoms with Gasteiger partial charge in [0, 0.05) is 16.7 Å². The predicted molar refractivity (Wildman–Crippen MR) is 116 cm³/mol. The van der Waals surface area contributed by atoms with E-state index in [0.717, 1.165) is 42.7 Å². The zero-order valence-electron chi connectivity index (χ0n) is 17.7. The SMILES string of the molecule is CCCc1ccc(C#Cc2cc(F)c(C#Cc3cc(F)c(OCC)c(F)c3)c(F)c2)cc1. The van der Waals surface area contributed by atoms with Crippen molar-refractivity contribution in [2.24, 2.45) is 0 Å². The zero-order chi connectivity index (χ0) is 23.1. The van der Waals surface area contributed by atoms with Gasteiger partial charge in [0.1, 0.15) is 11.6 Å². The van der Waals surface area contributed by atoms with E-state index >= 15 is 0 Å². The topological polar surface area (TPSA) is 9.23 Å². The van der Waals surface area contributed by atoms with Crippen LogP contribution in [0.3, 0.4) is 0 Å². The summed E-state index contributed by atoms with van der Waals surface area (Å²) in [4.78, 5) is 0. The molecule has 0 heterocycles. The summed E-state index contributed by atoms with van der Waals surface area (Å²) >= 11 is 0. The first kappa shape index (κ1) is 23.0. The Morgan fingerprint density at radius 2 is 1.16 bits per heavy atom. The van der Waals surface area contributed by atoms with Crippen LogP contribution in [-0.4, -0.2) is 6.61 Å². The normalized spacial score (nSPS) is 10.1. The minimum absolute atomic E-state index is 0.0716. The van der Waals surface area contributed by atoms with E-state index in [0.29, 0.717) is 0 Å². The first-order chi connectivity index (χ1) is 15.4. The summed E-state index contributed by atoms with van der Waals surface area (Å²) < 4.78 is 61.6. The largest absolute Gasteiger partial charge is 0.488 e. The maximum atomic E-state index is 14.4. The molecule has 3 rings (SSSR count). The Morgan fingerprint density at radius 1 is 0.656 bits per heavy atom. The second-order valence-corrected chi connectivity index (χ2v) is 6.96. The van der Waals surface area contributed by atoms with Crippen LogP contribution in [0.2, 0.25) is 0 Å². The van der Waals surface area contributed by atoms with Crippen LogP contribution in [0, 0.1) is 47.0 Å². The van der Waals surface area contributed by atoms with Gasteiger partial charge in [-0.1, -0.05) is 49.2 Å². The van der Waals surface area contributed by atoms with Crippen LogP contribution in [0.4, 0.5) is 17.6 Å². The van der Waals surface area contributed by atoms with Crippen molar-refractivity contribution in [1.29, 1.82) is 0 Å². The summed E-state index contributed by atoms with van der Waals surface area (Å²) in [6, 6.07) is 11.7. The van der Waals surface area contributed by atoms with Crippen molar-refractivity contribution >= 4 is 0 Å². The fourth-order valence-electron chi connectivity index (χ4n) is 3.00. The molecule has 0 radical (unpaired) electrons. The summed E-state index contributed by atoms with van der Waals surface area (Å²) in [5.74, 6) is 6.08. The second kappa shape index (κ2) is 10.6. The van der Waals surface area contributed by atoms with Crippen LogP contribution >= 0.6 is 0 Å². The van der Waals surface area contributed by atoms with Gasteiger partial charge < -0.3 is 4.74 Å². The van der Waals surface area contributed by atoms with Gasteiger partial charge in [0.05, 0.1) is 12.2 Å².